The van der Waals surface area contributed by atoms with Crippen LogP contribution in [0.4, 0.5) is 18.9 Å². The highest BCUT2D eigenvalue weighted by molar-refractivity contribution is 6.62. The Kier molecular flexibility index (Phi) is 4.09. The zero-order valence-electron chi connectivity index (χ0n) is 12.5. The first kappa shape index (κ1) is 17.2. The fraction of sp³-hybridized carbons (Fsp3) is 0.538. The second kappa shape index (κ2) is 5.21. The van der Waals surface area contributed by atoms with Gasteiger partial charge in [-0.1, -0.05) is 11.6 Å². The molecular weight excluding hydrogens is 321 g/mol. The SMILES string of the molecule is CC1(C)OB(c2cc(Cl)c(N)c(OC(F)(F)F)c2)OC1(C)C. The lowest BCUT2D eigenvalue weighted by molar-refractivity contribution is -0.274. The van der Waals surface area contributed by atoms with Crippen molar-refractivity contribution >= 4 is 29.9 Å². The van der Waals surface area contributed by atoms with Crippen molar-refractivity contribution in [2.24, 2.45) is 0 Å². The summed E-state index contributed by atoms with van der Waals surface area (Å²) in [5, 5.41) is -0.0635. The van der Waals surface area contributed by atoms with Gasteiger partial charge in [0.2, 0.25) is 0 Å². The van der Waals surface area contributed by atoms with E-state index in [9.17, 15) is 13.2 Å². The van der Waals surface area contributed by atoms with Crippen LogP contribution in [0.2, 0.25) is 5.02 Å². The van der Waals surface area contributed by atoms with E-state index in [0.717, 1.165) is 6.07 Å². The molecule has 4 nitrogen and oxygen atoms in total. The highest BCUT2D eigenvalue weighted by Crippen LogP contribution is 2.38. The molecule has 1 aliphatic rings. The van der Waals surface area contributed by atoms with Crippen molar-refractivity contribution in [1.82, 2.24) is 0 Å². The summed E-state index contributed by atoms with van der Waals surface area (Å²) in [7, 11) is -0.862. The van der Waals surface area contributed by atoms with E-state index in [1.807, 2.05) is 27.7 Å². The standard InChI is InChI=1S/C13H16BClF3NO3/c1-11(2)12(3,4)22-14(21-11)7-5-8(15)10(19)9(6-7)20-13(16,17)18/h5-6H,19H2,1-4H3. The molecule has 2 rings (SSSR count). The maximum absolute atomic E-state index is 12.4. The van der Waals surface area contributed by atoms with Gasteiger partial charge in [0.1, 0.15) is 0 Å². The summed E-state index contributed by atoms with van der Waals surface area (Å²) in [6.07, 6.45) is -4.87. The number of benzene rings is 1. The summed E-state index contributed by atoms with van der Waals surface area (Å²) in [4.78, 5) is 0. The summed E-state index contributed by atoms with van der Waals surface area (Å²) < 4.78 is 52.7. The van der Waals surface area contributed by atoms with E-state index in [1.54, 1.807) is 0 Å². The molecule has 1 fully saturated rings. The summed E-state index contributed by atoms with van der Waals surface area (Å²) in [6.45, 7) is 7.33. The molecule has 22 heavy (non-hydrogen) atoms. The Balaban J connectivity index is 2.38. The van der Waals surface area contributed by atoms with Crippen LogP contribution in [0.15, 0.2) is 12.1 Å². The Bertz CT molecular complexity index is 577. The monoisotopic (exact) mass is 337 g/mol. The number of rotatable bonds is 2. The van der Waals surface area contributed by atoms with Gasteiger partial charge in [0.15, 0.2) is 5.75 Å². The van der Waals surface area contributed by atoms with Crippen molar-refractivity contribution in [3.05, 3.63) is 17.2 Å². The fourth-order valence-electron chi connectivity index (χ4n) is 1.94. The van der Waals surface area contributed by atoms with Crippen LogP contribution in [-0.2, 0) is 9.31 Å². The lowest BCUT2D eigenvalue weighted by Gasteiger charge is -2.32. The molecule has 0 saturated carbocycles. The van der Waals surface area contributed by atoms with Crippen molar-refractivity contribution in [2.75, 3.05) is 5.73 Å². The molecule has 1 aromatic carbocycles. The maximum Gasteiger partial charge on any atom is 0.573 e. The highest BCUT2D eigenvalue weighted by Gasteiger charge is 2.52. The number of hydrogen-bond donors (Lipinski definition) is 1. The van der Waals surface area contributed by atoms with Gasteiger partial charge in [-0.15, -0.1) is 13.2 Å². The van der Waals surface area contributed by atoms with E-state index >= 15 is 0 Å². The van der Waals surface area contributed by atoms with Gasteiger partial charge in [0, 0.05) is 0 Å². The second-order valence-corrected chi connectivity index (χ2v) is 6.46. The molecule has 0 atom stereocenters. The molecule has 1 heterocycles. The number of nitrogens with two attached hydrogens (primary N) is 1. The van der Waals surface area contributed by atoms with Gasteiger partial charge in [-0.25, -0.2) is 0 Å². The molecule has 0 unspecified atom stereocenters. The third-order valence-electron chi connectivity index (χ3n) is 3.87. The van der Waals surface area contributed by atoms with E-state index in [0.29, 0.717) is 5.46 Å². The van der Waals surface area contributed by atoms with Crippen LogP contribution in [0, 0.1) is 0 Å². The van der Waals surface area contributed by atoms with E-state index in [-0.39, 0.29) is 10.7 Å². The molecule has 0 radical (unpaired) electrons. The normalized spacial score (nSPS) is 20.3. The number of halogens is 4. The molecule has 1 aromatic rings. The van der Waals surface area contributed by atoms with Gasteiger partial charge < -0.3 is 19.8 Å². The van der Waals surface area contributed by atoms with Crippen LogP contribution < -0.4 is 15.9 Å². The molecule has 0 bridgehead atoms. The summed E-state index contributed by atoms with van der Waals surface area (Å²) >= 11 is 5.88. The predicted molar refractivity (Wildman–Crippen MR) is 78.3 cm³/mol. The van der Waals surface area contributed by atoms with Crippen LogP contribution in [0.5, 0.6) is 5.75 Å². The third kappa shape index (κ3) is 3.28. The zero-order valence-corrected chi connectivity index (χ0v) is 13.3. The number of alkyl halides is 3. The van der Waals surface area contributed by atoms with E-state index < -0.39 is 30.4 Å². The molecule has 1 aliphatic heterocycles. The van der Waals surface area contributed by atoms with Gasteiger partial charge >= 0.3 is 13.5 Å². The number of nitrogen functional groups attached to an aromatic ring is 1. The highest BCUT2D eigenvalue weighted by atomic mass is 35.5. The first-order chi connectivity index (χ1) is 9.82. The fourth-order valence-corrected chi connectivity index (χ4v) is 2.16. The van der Waals surface area contributed by atoms with Crippen molar-refractivity contribution < 1.29 is 27.2 Å². The Morgan fingerprint density at radius 3 is 2.09 bits per heavy atom. The van der Waals surface area contributed by atoms with Gasteiger partial charge in [0.25, 0.3) is 0 Å². The Morgan fingerprint density at radius 1 is 1.14 bits per heavy atom. The minimum absolute atomic E-state index is 0.0635. The van der Waals surface area contributed by atoms with E-state index in [4.69, 9.17) is 26.6 Å². The average Bonchev–Trinajstić information content (AvgIpc) is 2.52. The largest absolute Gasteiger partial charge is 0.573 e. The molecule has 122 valence electrons. The minimum Gasteiger partial charge on any atom is -0.404 e. The smallest absolute Gasteiger partial charge is 0.404 e. The summed E-state index contributed by atoms with van der Waals surface area (Å²) in [5.74, 6) is -0.579. The third-order valence-corrected chi connectivity index (χ3v) is 4.18. The molecule has 0 amide bonds. The van der Waals surface area contributed by atoms with Gasteiger partial charge in [0.05, 0.1) is 21.9 Å². The van der Waals surface area contributed by atoms with Crippen molar-refractivity contribution in [1.29, 1.82) is 0 Å². The quantitative estimate of drug-likeness (QED) is 0.665. The van der Waals surface area contributed by atoms with Crippen LogP contribution in [-0.4, -0.2) is 24.7 Å². The summed E-state index contributed by atoms with van der Waals surface area (Å²) in [6, 6.07) is 2.53. The first-order valence-corrected chi connectivity index (χ1v) is 6.90. The van der Waals surface area contributed by atoms with E-state index in [2.05, 4.69) is 4.74 Å². The molecular formula is C13H16BClF3NO3. The second-order valence-electron chi connectivity index (χ2n) is 6.05. The van der Waals surface area contributed by atoms with Crippen LogP contribution in [0.1, 0.15) is 27.7 Å². The Hall–Kier alpha value is -1.12. The number of anilines is 1. The predicted octanol–water partition coefficient (Wildman–Crippen LogP) is 3.12. The van der Waals surface area contributed by atoms with Gasteiger partial charge in [-0.2, -0.15) is 0 Å². The van der Waals surface area contributed by atoms with E-state index in [1.165, 1.54) is 6.07 Å². The number of ether oxygens (including phenoxy) is 1. The summed E-state index contributed by atoms with van der Waals surface area (Å²) in [5.41, 5.74) is 4.28. The van der Waals surface area contributed by atoms with Gasteiger partial charge in [-0.05, 0) is 45.3 Å². The topological polar surface area (TPSA) is 53.7 Å². The average molecular weight is 338 g/mol. The molecule has 0 aromatic heterocycles. The first-order valence-electron chi connectivity index (χ1n) is 6.53. The van der Waals surface area contributed by atoms with Crippen LogP contribution in [0.3, 0.4) is 0 Å². The lowest BCUT2D eigenvalue weighted by Crippen LogP contribution is -2.41. The molecule has 0 aliphatic carbocycles. The molecule has 9 heteroatoms. The Morgan fingerprint density at radius 2 is 1.64 bits per heavy atom. The van der Waals surface area contributed by atoms with Crippen LogP contribution in [0.25, 0.3) is 0 Å². The maximum atomic E-state index is 12.4. The lowest BCUT2D eigenvalue weighted by atomic mass is 9.79. The molecule has 0 spiro atoms. The molecule has 2 N–H and O–H groups in total. The van der Waals surface area contributed by atoms with Crippen molar-refractivity contribution in [2.45, 2.75) is 45.3 Å². The van der Waals surface area contributed by atoms with Crippen molar-refractivity contribution in [3.8, 4) is 5.75 Å². The van der Waals surface area contributed by atoms with Crippen molar-refractivity contribution in [3.63, 3.8) is 0 Å². The zero-order chi connectivity index (χ0) is 16.9. The molecule has 1 saturated heterocycles. The van der Waals surface area contributed by atoms with Gasteiger partial charge in [-0.3, -0.25) is 0 Å². The Labute approximate surface area is 131 Å². The number of hydrogen-bond acceptors (Lipinski definition) is 4. The van der Waals surface area contributed by atoms with Crippen LogP contribution >= 0.6 is 11.6 Å². The minimum atomic E-state index is -4.87.